The molecule has 0 aliphatic heterocycles. The Morgan fingerprint density at radius 3 is 2.14 bits per heavy atom. The van der Waals surface area contributed by atoms with E-state index in [0.29, 0.717) is 6.61 Å². The van der Waals surface area contributed by atoms with Gasteiger partial charge in [0.2, 0.25) is 0 Å². The first-order valence-corrected chi connectivity index (χ1v) is 9.25. The molecule has 0 rings (SSSR count). The molecule has 0 aliphatic carbocycles. The summed E-state index contributed by atoms with van der Waals surface area (Å²) in [4.78, 5) is 11.5. The normalized spacial score (nSPS) is 11.0. The van der Waals surface area contributed by atoms with Crippen LogP contribution in [0.5, 0.6) is 0 Å². The van der Waals surface area contributed by atoms with Gasteiger partial charge in [-0.2, -0.15) is 0 Å². The molecule has 128 valence electrons. The fourth-order valence-corrected chi connectivity index (χ4v) is 2.36. The zero-order chi connectivity index (χ0) is 16.3. The van der Waals surface area contributed by atoms with E-state index < -0.39 is 0 Å². The number of hydrogen-bond acceptors (Lipinski definition) is 2. The Bertz CT molecular complexity index is 281. The predicted molar refractivity (Wildman–Crippen MR) is 96.0 cm³/mol. The van der Waals surface area contributed by atoms with Crippen LogP contribution in [0.2, 0.25) is 0 Å². The SMILES string of the molecule is C=CCCCCCCCCOC(=O)C=CCCCCCCC. The molecule has 0 radical (unpaired) electrons. The Morgan fingerprint density at radius 1 is 0.864 bits per heavy atom. The minimum Gasteiger partial charge on any atom is -0.463 e. The van der Waals surface area contributed by atoms with Crippen LogP contribution in [0.1, 0.15) is 90.4 Å². The van der Waals surface area contributed by atoms with Gasteiger partial charge in [0, 0.05) is 6.08 Å². The van der Waals surface area contributed by atoms with Crippen LogP contribution in [-0.2, 0) is 9.53 Å². The minimum absolute atomic E-state index is 0.181. The van der Waals surface area contributed by atoms with Gasteiger partial charge in [-0.15, -0.1) is 6.58 Å². The lowest BCUT2D eigenvalue weighted by Crippen LogP contribution is -2.02. The minimum atomic E-state index is -0.181. The summed E-state index contributed by atoms with van der Waals surface area (Å²) in [7, 11) is 0. The highest BCUT2D eigenvalue weighted by Crippen LogP contribution is 2.08. The zero-order valence-corrected chi connectivity index (χ0v) is 14.7. The fraction of sp³-hybridized carbons (Fsp3) is 0.750. The molecule has 0 aliphatic rings. The lowest BCUT2D eigenvalue weighted by molar-refractivity contribution is -0.137. The van der Waals surface area contributed by atoms with Crippen molar-refractivity contribution in [1.29, 1.82) is 0 Å². The first-order chi connectivity index (χ1) is 10.8. The maximum absolute atomic E-state index is 11.5. The Kier molecular flexibility index (Phi) is 17.1. The predicted octanol–water partition coefficient (Wildman–Crippen LogP) is 6.36. The summed E-state index contributed by atoms with van der Waals surface area (Å²) in [5.74, 6) is -0.181. The van der Waals surface area contributed by atoms with E-state index in [1.807, 2.05) is 12.2 Å². The van der Waals surface area contributed by atoms with E-state index in [-0.39, 0.29) is 5.97 Å². The van der Waals surface area contributed by atoms with Crippen LogP contribution in [0.25, 0.3) is 0 Å². The van der Waals surface area contributed by atoms with Crippen molar-refractivity contribution in [3.63, 3.8) is 0 Å². The number of unbranched alkanes of at least 4 members (excludes halogenated alkanes) is 11. The molecular formula is C20H36O2. The molecule has 0 aromatic heterocycles. The summed E-state index contributed by atoms with van der Waals surface area (Å²) in [6.45, 7) is 6.51. The molecule has 22 heavy (non-hydrogen) atoms. The average molecular weight is 309 g/mol. The topological polar surface area (TPSA) is 26.3 Å². The van der Waals surface area contributed by atoms with E-state index in [9.17, 15) is 4.79 Å². The maximum atomic E-state index is 11.5. The first kappa shape index (κ1) is 20.9. The van der Waals surface area contributed by atoms with Gasteiger partial charge in [0.05, 0.1) is 6.61 Å². The van der Waals surface area contributed by atoms with E-state index in [1.54, 1.807) is 6.08 Å². The monoisotopic (exact) mass is 308 g/mol. The van der Waals surface area contributed by atoms with Crippen molar-refractivity contribution in [3.8, 4) is 0 Å². The highest BCUT2D eigenvalue weighted by molar-refractivity contribution is 5.81. The van der Waals surface area contributed by atoms with E-state index in [0.717, 1.165) is 25.7 Å². The highest BCUT2D eigenvalue weighted by atomic mass is 16.5. The second kappa shape index (κ2) is 18.0. The number of hydrogen-bond donors (Lipinski definition) is 0. The van der Waals surface area contributed by atoms with Crippen LogP contribution in [0.3, 0.4) is 0 Å². The van der Waals surface area contributed by atoms with Gasteiger partial charge in [-0.25, -0.2) is 4.79 Å². The standard InChI is InChI=1S/C20H36O2/c1-3-5-7-9-11-13-15-17-19-22-20(21)18-16-14-12-10-8-6-4-2/h3,16,18H,1,4-15,17,19H2,2H3. The van der Waals surface area contributed by atoms with Gasteiger partial charge in [-0.3, -0.25) is 0 Å². The second-order valence-electron chi connectivity index (χ2n) is 5.97. The number of rotatable bonds is 16. The third-order valence-corrected chi connectivity index (χ3v) is 3.78. The highest BCUT2D eigenvalue weighted by Gasteiger charge is 1.97. The molecule has 0 saturated heterocycles. The molecule has 0 bridgehead atoms. The van der Waals surface area contributed by atoms with Gasteiger partial charge in [0.15, 0.2) is 0 Å². The van der Waals surface area contributed by atoms with Crippen molar-refractivity contribution in [2.24, 2.45) is 0 Å². The zero-order valence-electron chi connectivity index (χ0n) is 14.7. The third-order valence-electron chi connectivity index (χ3n) is 3.78. The first-order valence-electron chi connectivity index (χ1n) is 9.25. The molecular weight excluding hydrogens is 272 g/mol. The van der Waals surface area contributed by atoms with Crippen molar-refractivity contribution < 1.29 is 9.53 Å². The second-order valence-corrected chi connectivity index (χ2v) is 5.97. The van der Waals surface area contributed by atoms with Gasteiger partial charge < -0.3 is 4.74 Å². The van der Waals surface area contributed by atoms with E-state index in [4.69, 9.17) is 4.74 Å². The fourth-order valence-electron chi connectivity index (χ4n) is 2.36. The number of ether oxygens (including phenoxy) is 1. The van der Waals surface area contributed by atoms with Crippen molar-refractivity contribution in [1.82, 2.24) is 0 Å². The van der Waals surface area contributed by atoms with Gasteiger partial charge in [0.1, 0.15) is 0 Å². The lowest BCUT2D eigenvalue weighted by Gasteiger charge is -2.02. The molecule has 0 saturated carbocycles. The number of esters is 1. The molecule has 0 aromatic carbocycles. The molecule has 2 nitrogen and oxygen atoms in total. The van der Waals surface area contributed by atoms with Crippen molar-refractivity contribution in [3.05, 3.63) is 24.8 Å². The Balaban J connectivity index is 3.26. The van der Waals surface area contributed by atoms with Crippen molar-refractivity contribution >= 4 is 5.97 Å². The molecule has 0 unspecified atom stereocenters. The summed E-state index contributed by atoms with van der Waals surface area (Å²) in [5.41, 5.74) is 0. The van der Waals surface area contributed by atoms with Gasteiger partial charge >= 0.3 is 5.97 Å². The summed E-state index contributed by atoms with van der Waals surface area (Å²) < 4.78 is 5.19. The summed E-state index contributed by atoms with van der Waals surface area (Å²) in [5, 5.41) is 0. The van der Waals surface area contributed by atoms with Crippen molar-refractivity contribution in [2.75, 3.05) is 6.61 Å². The molecule has 0 heterocycles. The van der Waals surface area contributed by atoms with Crippen molar-refractivity contribution in [2.45, 2.75) is 90.4 Å². The number of carbonyl (C=O) groups is 1. The van der Waals surface area contributed by atoms with Gasteiger partial charge in [-0.1, -0.05) is 70.4 Å². The smallest absolute Gasteiger partial charge is 0.330 e. The van der Waals surface area contributed by atoms with Crippen LogP contribution in [-0.4, -0.2) is 12.6 Å². The Morgan fingerprint density at radius 2 is 1.45 bits per heavy atom. The van der Waals surface area contributed by atoms with E-state index in [1.165, 1.54) is 57.8 Å². The van der Waals surface area contributed by atoms with Crippen LogP contribution in [0, 0.1) is 0 Å². The van der Waals surface area contributed by atoms with Crippen LogP contribution in [0.15, 0.2) is 24.8 Å². The number of carbonyl (C=O) groups excluding carboxylic acids is 1. The van der Waals surface area contributed by atoms with E-state index >= 15 is 0 Å². The van der Waals surface area contributed by atoms with Gasteiger partial charge in [-0.05, 0) is 32.1 Å². The Labute approximate surface area is 138 Å². The molecule has 0 aromatic rings. The molecule has 0 fully saturated rings. The average Bonchev–Trinajstić information content (AvgIpc) is 2.52. The van der Waals surface area contributed by atoms with Crippen LogP contribution >= 0.6 is 0 Å². The van der Waals surface area contributed by atoms with Crippen LogP contribution < -0.4 is 0 Å². The third kappa shape index (κ3) is 17.0. The maximum Gasteiger partial charge on any atom is 0.330 e. The van der Waals surface area contributed by atoms with E-state index in [2.05, 4.69) is 13.5 Å². The summed E-state index contributed by atoms with van der Waals surface area (Å²) in [6, 6.07) is 0. The largest absolute Gasteiger partial charge is 0.463 e. The molecule has 2 heteroatoms. The molecule has 0 N–H and O–H groups in total. The molecule has 0 amide bonds. The molecule has 0 spiro atoms. The lowest BCUT2D eigenvalue weighted by atomic mass is 10.1. The number of allylic oxidation sites excluding steroid dienone is 2. The quantitative estimate of drug-likeness (QED) is 0.143. The Hall–Kier alpha value is -1.05. The van der Waals surface area contributed by atoms with Crippen LogP contribution in [0.4, 0.5) is 0 Å². The molecule has 0 atom stereocenters. The summed E-state index contributed by atoms with van der Waals surface area (Å²) in [6.07, 6.45) is 21.2. The van der Waals surface area contributed by atoms with Gasteiger partial charge in [0.25, 0.3) is 0 Å². The summed E-state index contributed by atoms with van der Waals surface area (Å²) >= 11 is 0.